The first-order valence-electron chi connectivity index (χ1n) is 7.25. The Kier molecular flexibility index (Phi) is 3.92. The first-order valence-corrected chi connectivity index (χ1v) is 7.25. The number of halogens is 1. The average Bonchev–Trinajstić information content (AvgIpc) is 3.19. The number of hydrogen-bond acceptors (Lipinski definition) is 4. The Labute approximate surface area is 118 Å². The summed E-state index contributed by atoms with van der Waals surface area (Å²) in [5, 5.41) is 10.2. The van der Waals surface area contributed by atoms with Crippen molar-refractivity contribution in [2.75, 3.05) is 19.6 Å². The third-order valence-corrected chi connectivity index (χ3v) is 3.94. The Morgan fingerprint density at radius 1 is 1.40 bits per heavy atom. The van der Waals surface area contributed by atoms with E-state index < -0.39 is 18.0 Å². The van der Waals surface area contributed by atoms with Crippen molar-refractivity contribution in [2.24, 2.45) is 5.73 Å². The fourth-order valence-corrected chi connectivity index (χ4v) is 2.37. The van der Waals surface area contributed by atoms with Crippen LogP contribution in [-0.2, 0) is 0 Å². The molecular formula is C15H21FN2O2. The molecule has 2 aliphatic rings. The average molecular weight is 280 g/mol. The first kappa shape index (κ1) is 13.8. The van der Waals surface area contributed by atoms with E-state index in [0.717, 1.165) is 25.9 Å². The van der Waals surface area contributed by atoms with Gasteiger partial charge in [0.1, 0.15) is 0 Å². The van der Waals surface area contributed by atoms with E-state index in [1.165, 1.54) is 12.5 Å². The van der Waals surface area contributed by atoms with Crippen molar-refractivity contribution in [3.63, 3.8) is 0 Å². The first-order chi connectivity index (χ1) is 9.63. The quantitative estimate of drug-likeness (QED) is 0.827. The van der Waals surface area contributed by atoms with Crippen LogP contribution >= 0.6 is 0 Å². The zero-order valence-corrected chi connectivity index (χ0v) is 11.5. The number of hydrogen-bond donors (Lipinski definition) is 2. The van der Waals surface area contributed by atoms with Crippen molar-refractivity contribution >= 4 is 0 Å². The van der Waals surface area contributed by atoms with Crippen LogP contribution in [0.5, 0.6) is 5.75 Å². The van der Waals surface area contributed by atoms with E-state index in [-0.39, 0.29) is 11.9 Å². The second-order valence-corrected chi connectivity index (χ2v) is 5.77. The van der Waals surface area contributed by atoms with Crippen molar-refractivity contribution in [2.45, 2.75) is 37.5 Å². The van der Waals surface area contributed by atoms with Crippen LogP contribution in [0.15, 0.2) is 18.2 Å². The number of ether oxygens (including phenoxy) is 1. The molecule has 0 spiro atoms. The number of aliphatic hydroxyl groups is 1. The highest BCUT2D eigenvalue weighted by Crippen LogP contribution is 2.30. The van der Waals surface area contributed by atoms with Crippen LogP contribution in [0.2, 0.25) is 0 Å². The number of benzene rings is 1. The lowest BCUT2D eigenvalue weighted by atomic mass is 10.0. The van der Waals surface area contributed by atoms with E-state index in [9.17, 15) is 9.50 Å². The van der Waals surface area contributed by atoms with Gasteiger partial charge in [0.2, 0.25) is 0 Å². The van der Waals surface area contributed by atoms with Gasteiger partial charge in [-0.2, -0.15) is 0 Å². The molecule has 1 aliphatic heterocycles. The SMILES string of the molecule is N[C@H](CN1CCC1)C(O)c1ccc(OC2CC2)c(F)c1. The molecule has 1 aliphatic carbocycles. The molecule has 0 radical (unpaired) electrons. The number of nitrogens with two attached hydrogens (primary N) is 1. The second kappa shape index (κ2) is 5.68. The fourth-order valence-electron chi connectivity index (χ4n) is 2.37. The zero-order chi connectivity index (χ0) is 14.1. The maximum Gasteiger partial charge on any atom is 0.165 e. The Morgan fingerprint density at radius 2 is 2.15 bits per heavy atom. The van der Waals surface area contributed by atoms with Gasteiger partial charge in [0, 0.05) is 12.6 Å². The van der Waals surface area contributed by atoms with Crippen LogP contribution in [0, 0.1) is 5.82 Å². The minimum absolute atomic E-state index is 0.161. The Bertz CT molecular complexity index is 475. The van der Waals surface area contributed by atoms with Gasteiger partial charge in [0.05, 0.1) is 12.2 Å². The standard InChI is InChI=1S/C15H21FN2O2/c16-12-8-10(2-5-14(12)20-11-3-4-11)15(19)13(17)9-18-6-1-7-18/h2,5,8,11,13,15,19H,1,3-4,6-7,9,17H2/t13-,15?/m1/s1. The minimum Gasteiger partial charge on any atom is -0.487 e. The molecular weight excluding hydrogens is 259 g/mol. The van der Waals surface area contributed by atoms with Crippen molar-refractivity contribution in [1.82, 2.24) is 4.90 Å². The van der Waals surface area contributed by atoms with Gasteiger partial charge in [-0.25, -0.2) is 4.39 Å². The maximum atomic E-state index is 13.9. The lowest BCUT2D eigenvalue weighted by Gasteiger charge is -2.34. The van der Waals surface area contributed by atoms with E-state index in [2.05, 4.69) is 4.90 Å². The summed E-state index contributed by atoms with van der Waals surface area (Å²) >= 11 is 0. The molecule has 3 rings (SSSR count). The van der Waals surface area contributed by atoms with Gasteiger partial charge in [-0.1, -0.05) is 6.07 Å². The third kappa shape index (κ3) is 3.11. The molecule has 2 atom stereocenters. The Morgan fingerprint density at radius 3 is 2.70 bits per heavy atom. The lowest BCUT2D eigenvalue weighted by Crippen LogP contribution is -2.47. The highest BCUT2D eigenvalue weighted by Gasteiger charge is 2.26. The molecule has 5 heteroatoms. The number of aliphatic hydroxyl groups excluding tert-OH is 1. The van der Waals surface area contributed by atoms with Crippen LogP contribution in [0.4, 0.5) is 4.39 Å². The van der Waals surface area contributed by atoms with Gasteiger partial charge >= 0.3 is 0 Å². The van der Waals surface area contributed by atoms with Crippen LogP contribution in [-0.4, -0.2) is 41.8 Å². The molecule has 1 saturated carbocycles. The highest BCUT2D eigenvalue weighted by atomic mass is 19.1. The van der Waals surface area contributed by atoms with E-state index >= 15 is 0 Å². The van der Waals surface area contributed by atoms with Crippen molar-refractivity contribution in [3.8, 4) is 5.75 Å². The normalized spacial score (nSPS) is 22.1. The van der Waals surface area contributed by atoms with Crippen molar-refractivity contribution in [1.29, 1.82) is 0 Å². The molecule has 20 heavy (non-hydrogen) atoms. The Balaban J connectivity index is 1.63. The molecule has 0 amide bonds. The van der Waals surface area contributed by atoms with Gasteiger partial charge in [-0.15, -0.1) is 0 Å². The molecule has 1 aromatic carbocycles. The minimum atomic E-state index is -0.847. The van der Waals surface area contributed by atoms with Gasteiger partial charge < -0.3 is 20.5 Å². The summed E-state index contributed by atoms with van der Waals surface area (Å²) in [7, 11) is 0. The van der Waals surface area contributed by atoms with Crippen LogP contribution in [0.3, 0.4) is 0 Å². The molecule has 0 bridgehead atoms. The summed E-state index contributed by atoms with van der Waals surface area (Å²) < 4.78 is 19.4. The molecule has 110 valence electrons. The van der Waals surface area contributed by atoms with E-state index in [0.29, 0.717) is 12.1 Å². The number of nitrogens with zero attached hydrogens (tertiary/aromatic N) is 1. The fraction of sp³-hybridized carbons (Fsp3) is 0.600. The molecule has 1 saturated heterocycles. The van der Waals surface area contributed by atoms with E-state index in [4.69, 9.17) is 10.5 Å². The van der Waals surface area contributed by atoms with E-state index in [1.807, 2.05) is 0 Å². The summed E-state index contributed by atoms with van der Waals surface area (Å²) in [6, 6.07) is 4.22. The molecule has 1 unspecified atom stereocenters. The van der Waals surface area contributed by atoms with Gasteiger partial charge in [-0.05, 0) is 50.0 Å². The predicted molar refractivity (Wildman–Crippen MR) is 74.0 cm³/mol. The second-order valence-electron chi connectivity index (χ2n) is 5.77. The maximum absolute atomic E-state index is 13.9. The van der Waals surface area contributed by atoms with Gasteiger partial charge in [0.25, 0.3) is 0 Å². The molecule has 3 N–H and O–H groups in total. The summed E-state index contributed by atoms with van der Waals surface area (Å²) in [6.45, 7) is 2.70. The highest BCUT2D eigenvalue weighted by molar-refractivity contribution is 5.31. The largest absolute Gasteiger partial charge is 0.487 e. The van der Waals surface area contributed by atoms with Crippen molar-refractivity contribution < 1.29 is 14.2 Å². The summed E-state index contributed by atoms with van der Waals surface area (Å²) in [4.78, 5) is 2.19. The molecule has 1 heterocycles. The molecule has 4 nitrogen and oxygen atoms in total. The number of likely N-dealkylation sites (tertiary alicyclic amines) is 1. The summed E-state index contributed by atoms with van der Waals surface area (Å²) in [6.07, 6.45) is 2.48. The Hall–Kier alpha value is -1.17. The molecule has 0 aromatic heterocycles. The van der Waals surface area contributed by atoms with Crippen LogP contribution < -0.4 is 10.5 Å². The molecule has 2 fully saturated rings. The number of rotatable bonds is 6. The topological polar surface area (TPSA) is 58.7 Å². The van der Waals surface area contributed by atoms with Crippen LogP contribution in [0.1, 0.15) is 30.9 Å². The van der Waals surface area contributed by atoms with Gasteiger partial charge in [-0.3, -0.25) is 0 Å². The zero-order valence-electron chi connectivity index (χ0n) is 11.5. The van der Waals surface area contributed by atoms with Crippen molar-refractivity contribution in [3.05, 3.63) is 29.6 Å². The summed E-state index contributed by atoms with van der Waals surface area (Å²) in [5.74, 6) is -0.163. The third-order valence-electron chi connectivity index (χ3n) is 3.94. The lowest BCUT2D eigenvalue weighted by molar-refractivity contribution is 0.0953. The van der Waals surface area contributed by atoms with Crippen LogP contribution in [0.25, 0.3) is 0 Å². The van der Waals surface area contributed by atoms with Gasteiger partial charge in [0.15, 0.2) is 11.6 Å². The predicted octanol–water partition coefficient (Wildman–Crippen LogP) is 1.43. The van der Waals surface area contributed by atoms with E-state index in [1.54, 1.807) is 12.1 Å². The monoisotopic (exact) mass is 280 g/mol. The summed E-state index contributed by atoms with van der Waals surface area (Å²) in [5.41, 5.74) is 6.51. The smallest absolute Gasteiger partial charge is 0.165 e. The molecule has 1 aromatic rings.